The zero-order valence-corrected chi connectivity index (χ0v) is 13.2. The van der Waals surface area contributed by atoms with Crippen molar-refractivity contribution in [3.05, 3.63) is 69.7 Å². The molecule has 2 rings (SSSR count). The van der Waals surface area contributed by atoms with Crippen molar-refractivity contribution in [3.8, 4) is 0 Å². The summed E-state index contributed by atoms with van der Waals surface area (Å²) in [5.41, 5.74) is 4.66. The normalized spacial score (nSPS) is 10.4. The third kappa shape index (κ3) is 4.91. The average Bonchev–Trinajstić information content (AvgIpc) is 2.43. The number of rotatable bonds is 5. The molecule has 2 nitrogen and oxygen atoms in total. The van der Waals surface area contributed by atoms with E-state index < -0.39 is 0 Å². The van der Waals surface area contributed by atoms with Crippen LogP contribution in [0.1, 0.15) is 22.3 Å². The average molecular weight is 302 g/mol. The Morgan fingerprint density at radius 2 is 1.86 bits per heavy atom. The molecule has 0 spiro atoms. The van der Waals surface area contributed by atoms with E-state index in [-0.39, 0.29) is 5.91 Å². The Hall–Kier alpha value is -1.80. The van der Waals surface area contributed by atoms with Crippen LogP contribution in [0.15, 0.2) is 42.5 Å². The number of amides is 1. The van der Waals surface area contributed by atoms with E-state index in [1.165, 1.54) is 11.1 Å². The smallest absolute Gasteiger partial charge is 0.224 e. The third-order valence-electron chi connectivity index (χ3n) is 3.56. The van der Waals surface area contributed by atoms with E-state index >= 15 is 0 Å². The quantitative estimate of drug-likeness (QED) is 0.893. The molecule has 0 aliphatic carbocycles. The van der Waals surface area contributed by atoms with E-state index in [0.29, 0.717) is 13.0 Å². The molecule has 1 amide bonds. The second-order valence-electron chi connectivity index (χ2n) is 5.33. The van der Waals surface area contributed by atoms with Crippen molar-refractivity contribution in [2.45, 2.75) is 26.7 Å². The van der Waals surface area contributed by atoms with Gasteiger partial charge in [0.15, 0.2) is 0 Å². The van der Waals surface area contributed by atoms with Crippen LogP contribution in [-0.2, 0) is 17.6 Å². The minimum atomic E-state index is 0.0558. The number of aryl methyl sites for hydroxylation is 2. The molecule has 1 N–H and O–H groups in total. The fourth-order valence-electron chi connectivity index (χ4n) is 2.20. The van der Waals surface area contributed by atoms with Gasteiger partial charge >= 0.3 is 0 Å². The molecule has 0 fully saturated rings. The number of carbonyl (C=O) groups is 1. The van der Waals surface area contributed by atoms with E-state index in [4.69, 9.17) is 11.6 Å². The molecular weight excluding hydrogens is 282 g/mol. The third-order valence-corrected chi connectivity index (χ3v) is 3.80. The van der Waals surface area contributed by atoms with Gasteiger partial charge < -0.3 is 5.32 Å². The second-order valence-corrected chi connectivity index (χ2v) is 5.76. The first-order valence-electron chi connectivity index (χ1n) is 7.12. The zero-order valence-electron chi connectivity index (χ0n) is 12.4. The molecule has 0 heterocycles. The lowest BCUT2D eigenvalue weighted by Crippen LogP contribution is -2.27. The minimum absolute atomic E-state index is 0.0558. The number of benzene rings is 2. The summed E-state index contributed by atoms with van der Waals surface area (Å²) >= 11 is 5.93. The summed E-state index contributed by atoms with van der Waals surface area (Å²) in [5.74, 6) is 0.0558. The van der Waals surface area contributed by atoms with E-state index in [9.17, 15) is 4.79 Å². The highest BCUT2D eigenvalue weighted by Crippen LogP contribution is 2.11. The van der Waals surface area contributed by atoms with Crippen LogP contribution in [0.2, 0.25) is 5.02 Å². The van der Waals surface area contributed by atoms with E-state index in [0.717, 1.165) is 22.6 Å². The van der Waals surface area contributed by atoms with Crippen molar-refractivity contribution in [1.82, 2.24) is 5.32 Å². The molecular formula is C18H20ClNO. The first kappa shape index (κ1) is 15.6. The first-order chi connectivity index (χ1) is 10.0. The predicted octanol–water partition coefficient (Wildman–Crippen LogP) is 3.86. The molecule has 0 saturated carbocycles. The van der Waals surface area contributed by atoms with Crippen molar-refractivity contribution in [2.24, 2.45) is 0 Å². The van der Waals surface area contributed by atoms with Gasteiger partial charge in [-0.1, -0.05) is 41.9 Å². The number of carbonyl (C=O) groups excluding carboxylic acids is 1. The van der Waals surface area contributed by atoms with E-state index in [1.54, 1.807) is 0 Å². The molecule has 0 atom stereocenters. The van der Waals surface area contributed by atoms with Crippen LogP contribution in [0.5, 0.6) is 0 Å². The van der Waals surface area contributed by atoms with Gasteiger partial charge in [0, 0.05) is 11.6 Å². The van der Waals surface area contributed by atoms with Crippen LogP contribution in [0.3, 0.4) is 0 Å². The Labute approximate surface area is 131 Å². The fraction of sp³-hybridized carbons (Fsp3) is 0.278. The van der Waals surface area contributed by atoms with Gasteiger partial charge in [-0.2, -0.15) is 0 Å². The Kier molecular flexibility index (Phi) is 5.40. The molecule has 21 heavy (non-hydrogen) atoms. The maximum absolute atomic E-state index is 11.9. The van der Waals surface area contributed by atoms with Crippen LogP contribution >= 0.6 is 11.6 Å². The largest absolute Gasteiger partial charge is 0.355 e. The Balaban J connectivity index is 1.81. The van der Waals surface area contributed by atoms with Crippen LogP contribution in [0.4, 0.5) is 0 Å². The van der Waals surface area contributed by atoms with Gasteiger partial charge in [0.2, 0.25) is 5.91 Å². The highest BCUT2D eigenvalue weighted by Gasteiger charge is 2.04. The molecule has 0 aliphatic rings. The van der Waals surface area contributed by atoms with Crippen LogP contribution in [0, 0.1) is 13.8 Å². The maximum Gasteiger partial charge on any atom is 0.224 e. The van der Waals surface area contributed by atoms with Gasteiger partial charge in [-0.25, -0.2) is 0 Å². The standard InChI is InChI=1S/C18H20ClNO/c1-13-6-7-16(10-14(13)2)12-18(21)20-9-8-15-4-3-5-17(19)11-15/h3-7,10-11H,8-9,12H2,1-2H3,(H,20,21). The molecule has 110 valence electrons. The number of nitrogens with one attached hydrogen (secondary N) is 1. The summed E-state index contributed by atoms with van der Waals surface area (Å²) in [6.45, 7) is 4.77. The summed E-state index contributed by atoms with van der Waals surface area (Å²) in [6.07, 6.45) is 1.22. The van der Waals surface area contributed by atoms with Crippen molar-refractivity contribution in [1.29, 1.82) is 0 Å². The van der Waals surface area contributed by atoms with E-state index in [1.807, 2.05) is 30.3 Å². The highest BCUT2D eigenvalue weighted by atomic mass is 35.5. The molecule has 0 aromatic heterocycles. The van der Waals surface area contributed by atoms with Gasteiger partial charge in [-0.15, -0.1) is 0 Å². The van der Waals surface area contributed by atoms with Gasteiger partial charge in [-0.3, -0.25) is 4.79 Å². The topological polar surface area (TPSA) is 29.1 Å². The molecule has 0 aliphatic heterocycles. The van der Waals surface area contributed by atoms with Gasteiger partial charge in [0.05, 0.1) is 6.42 Å². The summed E-state index contributed by atoms with van der Waals surface area (Å²) in [4.78, 5) is 11.9. The van der Waals surface area contributed by atoms with Gasteiger partial charge in [-0.05, 0) is 54.7 Å². The lowest BCUT2D eigenvalue weighted by atomic mass is 10.0. The molecule has 0 radical (unpaired) electrons. The summed E-state index contributed by atoms with van der Waals surface area (Å²) in [6, 6.07) is 13.9. The Morgan fingerprint density at radius 3 is 2.57 bits per heavy atom. The van der Waals surface area contributed by atoms with Crippen molar-refractivity contribution in [3.63, 3.8) is 0 Å². The maximum atomic E-state index is 11.9. The van der Waals surface area contributed by atoms with Crippen LogP contribution < -0.4 is 5.32 Å². The predicted molar refractivity (Wildman–Crippen MR) is 87.8 cm³/mol. The van der Waals surface area contributed by atoms with Gasteiger partial charge in [0.25, 0.3) is 0 Å². The highest BCUT2D eigenvalue weighted by molar-refractivity contribution is 6.30. The molecule has 0 unspecified atom stereocenters. The molecule has 2 aromatic carbocycles. The minimum Gasteiger partial charge on any atom is -0.355 e. The summed E-state index contributed by atoms with van der Waals surface area (Å²) in [7, 11) is 0. The lowest BCUT2D eigenvalue weighted by Gasteiger charge is -2.07. The number of halogens is 1. The molecule has 0 bridgehead atoms. The summed E-state index contributed by atoms with van der Waals surface area (Å²) < 4.78 is 0. The van der Waals surface area contributed by atoms with Crippen molar-refractivity contribution >= 4 is 17.5 Å². The van der Waals surface area contributed by atoms with Gasteiger partial charge in [0.1, 0.15) is 0 Å². The van der Waals surface area contributed by atoms with Crippen molar-refractivity contribution in [2.75, 3.05) is 6.54 Å². The Morgan fingerprint density at radius 1 is 1.05 bits per heavy atom. The molecule has 3 heteroatoms. The monoisotopic (exact) mass is 301 g/mol. The Bertz CT molecular complexity index is 637. The fourth-order valence-corrected chi connectivity index (χ4v) is 2.41. The van der Waals surface area contributed by atoms with Crippen LogP contribution in [0.25, 0.3) is 0 Å². The molecule has 0 saturated heterocycles. The second kappa shape index (κ2) is 7.28. The van der Waals surface area contributed by atoms with Crippen LogP contribution in [-0.4, -0.2) is 12.5 Å². The first-order valence-corrected chi connectivity index (χ1v) is 7.49. The number of hydrogen-bond donors (Lipinski definition) is 1. The number of hydrogen-bond acceptors (Lipinski definition) is 1. The van der Waals surface area contributed by atoms with Crippen molar-refractivity contribution < 1.29 is 4.79 Å². The van der Waals surface area contributed by atoms with E-state index in [2.05, 4.69) is 31.3 Å². The molecule has 2 aromatic rings. The summed E-state index contributed by atoms with van der Waals surface area (Å²) in [5, 5.41) is 3.68. The SMILES string of the molecule is Cc1ccc(CC(=O)NCCc2cccc(Cl)c2)cc1C. The zero-order chi connectivity index (χ0) is 15.2. The lowest BCUT2D eigenvalue weighted by molar-refractivity contribution is -0.120.